The fourth-order valence-corrected chi connectivity index (χ4v) is 1.99. The van der Waals surface area contributed by atoms with E-state index in [0.717, 1.165) is 12.6 Å². The third kappa shape index (κ3) is 4.14. The van der Waals surface area contributed by atoms with Crippen LogP contribution in [0.3, 0.4) is 0 Å². The number of hydrogen-bond donors (Lipinski definition) is 1. The van der Waals surface area contributed by atoms with Crippen LogP contribution in [0.25, 0.3) is 23.0 Å². The molecule has 3 rings (SSSR count). The second kappa shape index (κ2) is 7.47. The number of anilines is 1. The van der Waals surface area contributed by atoms with Crippen LogP contribution in [0, 0.1) is 5.82 Å². The van der Waals surface area contributed by atoms with Crippen molar-refractivity contribution in [2.45, 2.75) is 19.8 Å². The summed E-state index contributed by atoms with van der Waals surface area (Å²) in [6, 6.07) is 6.07. The van der Waals surface area contributed by atoms with Crippen molar-refractivity contribution in [3.63, 3.8) is 0 Å². The lowest BCUT2D eigenvalue weighted by molar-refractivity contribution is -0.116. The van der Waals surface area contributed by atoms with E-state index in [1.807, 2.05) is 6.92 Å². The maximum absolute atomic E-state index is 12.9. The average Bonchev–Trinajstić information content (AvgIpc) is 2.63. The summed E-state index contributed by atoms with van der Waals surface area (Å²) in [5.41, 5.74) is 1.43. The molecule has 3 heterocycles. The van der Waals surface area contributed by atoms with Crippen molar-refractivity contribution in [3.05, 3.63) is 42.5 Å². The molecule has 0 bridgehead atoms. The number of amides is 1. The molecule has 25 heavy (non-hydrogen) atoms. The van der Waals surface area contributed by atoms with Gasteiger partial charge >= 0.3 is 0 Å². The van der Waals surface area contributed by atoms with Gasteiger partial charge in [-0.15, -0.1) is 20.4 Å². The third-order valence-electron chi connectivity index (χ3n) is 3.19. The first kappa shape index (κ1) is 16.5. The van der Waals surface area contributed by atoms with Crippen molar-refractivity contribution in [2.24, 2.45) is 0 Å². The van der Waals surface area contributed by atoms with Gasteiger partial charge in [0.15, 0.2) is 0 Å². The molecule has 8 nitrogen and oxygen atoms in total. The van der Waals surface area contributed by atoms with Crippen molar-refractivity contribution in [1.29, 1.82) is 0 Å². The SMILES string of the molecule is CCCC(=O)Nc1ccc(-c2nnc(-c3ccc(F)cn3)nn2)nc1. The molecule has 1 amide bonds. The molecule has 0 radical (unpaired) electrons. The second-order valence-corrected chi connectivity index (χ2v) is 5.14. The molecule has 0 fully saturated rings. The highest BCUT2D eigenvalue weighted by molar-refractivity contribution is 5.90. The lowest BCUT2D eigenvalue weighted by Crippen LogP contribution is -2.10. The van der Waals surface area contributed by atoms with Crippen LogP contribution >= 0.6 is 0 Å². The fourth-order valence-electron chi connectivity index (χ4n) is 1.99. The van der Waals surface area contributed by atoms with Crippen molar-refractivity contribution in [1.82, 2.24) is 30.4 Å². The van der Waals surface area contributed by atoms with E-state index in [4.69, 9.17) is 0 Å². The number of nitrogens with zero attached hydrogens (tertiary/aromatic N) is 6. The number of hydrogen-bond acceptors (Lipinski definition) is 7. The summed E-state index contributed by atoms with van der Waals surface area (Å²) >= 11 is 0. The first-order valence-corrected chi connectivity index (χ1v) is 7.61. The fraction of sp³-hybridized carbons (Fsp3) is 0.188. The number of aromatic nitrogens is 6. The molecule has 0 unspecified atom stereocenters. The molecular weight excluding hydrogens is 325 g/mol. The van der Waals surface area contributed by atoms with Gasteiger partial charge < -0.3 is 5.32 Å². The Morgan fingerprint density at radius 1 is 0.960 bits per heavy atom. The van der Waals surface area contributed by atoms with Gasteiger partial charge in [0.05, 0.1) is 18.1 Å². The topological polar surface area (TPSA) is 106 Å². The molecular formula is C16H14FN7O. The summed E-state index contributed by atoms with van der Waals surface area (Å²) in [6.45, 7) is 1.93. The molecule has 126 valence electrons. The van der Waals surface area contributed by atoms with Crippen LogP contribution in [-0.4, -0.2) is 36.3 Å². The molecule has 3 aromatic heterocycles. The van der Waals surface area contributed by atoms with Crippen molar-refractivity contribution in [2.75, 3.05) is 5.32 Å². The number of nitrogens with one attached hydrogen (secondary N) is 1. The molecule has 0 saturated heterocycles. The Hall–Kier alpha value is -3.36. The zero-order valence-corrected chi connectivity index (χ0v) is 13.3. The lowest BCUT2D eigenvalue weighted by Gasteiger charge is -2.04. The first-order chi connectivity index (χ1) is 12.2. The molecule has 0 aromatic carbocycles. The molecule has 0 aliphatic heterocycles. The average molecular weight is 339 g/mol. The lowest BCUT2D eigenvalue weighted by atomic mass is 10.3. The molecule has 3 aromatic rings. The summed E-state index contributed by atoms with van der Waals surface area (Å²) in [4.78, 5) is 19.6. The zero-order chi connectivity index (χ0) is 17.6. The van der Waals surface area contributed by atoms with Crippen LogP contribution in [0.4, 0.5) is 10.1 Å². The quantitative estimate of drug-likeness (QED) is 0.760. The Balaban J connectivity index is 1.73. The standard InChI is InChI=1S/C16H14FN7O/c1-2-3-14(25)20-11-5-7-13(19-9-11)16-23-21-15(22-24-16)12-6-4-10(17)8-18-12/h4-9H,2-3H2,1H3,(H,20,25). The Kier molecular flexibility index (Phi) is 4.93. The van der Waals surface area contributed by atoms with Gasteiger partial charge in [0.1, 0.15) is 17.2 Å². The van der Waals surface area contributed by atoms with Crippen LogP contribution in [0.5, 0.6) is 0 Å². The van der Waals surface area contributed by atoms with Crippen molar-refractivity contribution < 1.29 is 9.18 Å². The van der Waals surface area contributed by atoms with E-state index in [1.165, 1.54) is 18.3 Å². The van der Waals surface area contributed by atoms with Gasteiger partial charge in [-0.2, -0.15) is 0 Å². The van der Waals surface area contributed by atoms with Gasteiger partial charge in [0, 0.05) is 6.42 Å². The summed E-state index contributed by atoms with van der Waals surface area (Å²) in [6.07, 6.45) is 3.82. The second-order valence-electron chi connectivity index (χ2n) is 5.14. The third-order valence-corrected chi connectivity index (χ3v) is 3.19. The maximum Gasteiger partial charge on any atom is 0.224 e. The highest BCUT2D eigenvalue weighted by Gasteiger charge is 2.09. The number of carbonyl (C=O) groups excluding carboxylic acids is 1. The zero-order valence-electron chi connectivity index (χ0n) is 13.3. The normalized spacial score (nSPS) is 10.5. The van der Waals surface area contributed by atoms with E-state index in [2.05, 4.69) is 35.7 Å². The van der Waals surface area contributed by atoms with Gasteiger partial charge in [-0.3, -0.25) is 9.78 Å². The van der Waals surface area contributed by atoms with Crippen LogP contribution in [0.2, 0.25) is 0 Å². The minimum absolute atomic E-state index is 0.0622. The summed E-state index contributed by atoms with van der Waals surface area (Å²) in [5.74, 6) is -0.0890. The van der Waals surface area contributed by atoms with Gasteiger partial charge in [0.25, 0.3) is 0 Å². The van der Waals surface area contributed by atoms with Gasteiger partial charge in [-0.25, -0.2) is 9.37 Å². The van der Waals surface area contributed by atoms with E-state index in [9.17, 15) is 9.18 Å². The monoisotopic (exact) mass is 339 g/mol. The highest BCUT2D eigenvalue weighted by atomic mass is 19.1. The van der Waals surface area contributed by atoms with Crippen molar-refractivity contribution >= 4 is 11.6 Å². The minimum Gasteiger partial charge on any atom is -0.325 e. The van der Waals surface area contributed by atoms with E-state index < -0.39 is 5.82 Å². The Morgan fingerprint density at radius 3 is 2.04 bits per heavy atom. The predicted molar refractivity (Wildman–Crippen MR) is 87.6 cm³/mol. The van der Waals surface area contributed by atoms with Gasteiger partial charge in [0.2, 0.25) is 17.6 Å². The van der Waals surface area contributed by atoms with Gasteiger partial charge in [-0.05, 0) is 30.7 Å². The summed E-state index contributed by atoms with van der Waals surface area (Å²) in [7, 11) is 0. The van der Waals surface area contributed by atoms with Crippen LogP contribution in [-0.2, 0) is 4.79 Å². The van der Waals surface area contributed by atoms with Crippen LogP contribution < -0.4 is 5.32 Å². The van der Waals surface area contributed by atoms with E-state index in [1.54, 1.807) is 12.1 Å². The number of rotatable bonds is 5. The number of halogens is 1. The van der Waals surface area contributed by atoms with Crippen LogP contribution in [0.15, 0.2) is 36.7 Å². The Labute approximate surface area is 142 Å². The largest absolute Gasteiger partial charge is 0.325 e. The molecule has 9 heteroatoms. The first-order valence-electron chi connectivity index (χ1n) is 7.61. The predicted octanol–water partition coefficient (Wildman–Crippen LogP) is 2.27. The van der Waals surface area contributed by atoms with E-state index in [-0.39, 0.29) is 17.6 Å². The molecule has 0 atom stereocenters. The minimum atomic E-state index is -0.448. The van der Waals surface area contributed by atoms with Gasteiger partial charge in [-0.1, -0.05) is 6.92 Å². The Morgan fingerprint density at radius 2 is 1.56 bits per heavy atom. The number of pyridine rings is 2. The van der Waals surface area contributed by atoms with E-state index >= 15 is 0 Å². The molecule has 0 spiro atoms. The maximum atomic E-state index is 12.9. The smallest absolute Gasteiger partial charge is 0.224 e. The molecule has 1 N–H and O–H groups in total. The highest BCUT2D eigenvalue weighted by Crippen LogP contribution is 2.15. The molecule has 0 aliphatic carbocycles. The molecule has 0 saturated carbocycles. The Bertz CT molecular complexity index is 851. The van der Waals surface area contributed by atoms with E-state index in [0.29, 0.717) is 23.5 Å². The molecule has 0 aliphatic rings. The summed E-state index contributed by atoms with van der Waals surface area (Å²) in [5, 5.41) is 18.5. The number of carbonyl (C=O) groups is 1. The van der Waals surface area contributed by atoms with Crippen molar-refractivity contribution in [3.8, 4) is 23.0 Å². The van der Waals surface area contributed by atoms with Crippen LogP contribution in [0.1, 0.15) is 19.8 Å². The summed E-state index contributed by atoms with van der Waals surface area (Å²) < 4.78 is 12.9.